The van der Waals surface area contributed by atoms with Gasteiger partial charge in [-0.25, -0.2) is 4.98 Å². The van der Waals surface area contributed by atoms with Gasteiger partial charge >= 0.3 is 11.4 Å². The summed E-state index contributed by atoms with van der Waals surface area (Å²) in [6, 6.07) is 1.57. The molecule has 0 atom stereocenters. The van der Waals surface area contributed by atoms with Gasteiger partial charge in [-0.3, -0.25) is 0 Å². The fraction of sp³-hybridized carbons (Fsp3) is 0. The maximum atomic E-state index is 10.6. The number of fused-ring (bicyclic) bond motifs is 1. The third-order valence-electron chi connectivity index (χ3n) is 1.36. The Bertz CT molecular complexity index is 442. The first-order valence-electron chi connectivity index (χ1n) is 3.06. The van der Waals surface area contributed by atoms with Crippen LogP contribution in [0, 0.1) is 0 Å². The Balaban J connectivity index is 2.92. The molecule has 0 bridgehead atoms. The van der Waals surface area contributed by atoms with E-state index in [9.17, 15) is 4.79 Å². The van der Waals surface area contributed by atoms with E-state index in [0.29, 0.717) is 16.9 Å². The average molecular weight is 152 g/mol. The van der Waals surface area contributed by atoms with Crippen molar-refractivity contribution in [2.75, 3.05) is 5.73 Å². The number of hydrogen-bond acceptors (Lipinski definition) is 3. The molecule has 0 unspecified atom stereocenters. The van der Waals surface area contributed by atoms with E-state index in [4.69, 9.17) is 10.2 Å². The highest BCUT2D eigenvalue weighted by Gasteiger charge is 2.07. The number of pyridine rings is 1. The second-order valence-corrected chi connectivity index (χ2v) is 2.19. The van der Waals surface area contributed by atoms with Crippen LogP contribution < -0.4 is 16.5 Å². The second-order valence-electron chi connectivity index (χ2n) is 2.19. The van der Waals surface area contributed by atoms with Crippen molar-refractivity contribution in [1.82, 2.24) is 4.98 Å². The number of H-pyrrole nitrogens is 2. The van der Waals surface area contributed by atoms with Gasteiger partial charge in [-0.15, -0.1) is 0 Å². The molecule has 11 heavy (non-hydrogen) atoms. The van der Waals surface area contributed by atoms with Gasteiger partial charge in [-0.2, -0.15) is 9.78 Å². The molecule has 5 heteroatoms. The largest absolute Gasteiger partial charge is 0.510 e. The van der Waals surface area contributed by atoms with Crippen molar-refractivity contribution >= 4 is 16.9 Å². The van der Waals surface area contributed by atoms with Crippen LogP contribution in [0.2, 0.25) is 0 Å². The monoisotopic (exact) mass is 152 g/mol. The third kappa shape index (κ3) is 0.861. The molecule has 5 nitrogen and oxygen atoms in total. The summed E-state index contributed by atoms with van der Waals surface area (Å²) >= 11 is 0. The van der Waals surface area contributed by atoms with Crippen molar-refractivity contribution in [2.45, 2.75) is 0 Å². The number of oxazole rings is 1. The Morgan fingerprint density at radius 1 is 1.64 bits per heavy atom. The van der Waals surface area contributed by atoms with Crippen LogP contribution >= 0.6 is 0 Å². The Kier molecular flexibility index (Phi) is 1.00. The molecule has 2 aromatic heterocycles. The molecular formula is C6H6N3O2+. The Morgan fingerprint density at radius 2 is 2.45 bits per heavy atom. The first-order chi connectivity index (χ1) is 5.25. The zero-order valence-electron chi connectivity index (χ0n) is 5.55. The molecule has 0 spiro atoms. The van der Waals surface area contributed by atoms with Gasteiger partial charge in [0, 0.05) is 6.07 Å². The van der Waals surface area contributed by atoms with Gasteiger partial charge in [-0.1, -0.05) is 0 Å². The number of aromatic amines is 2. The molecule has 0 amide bonds. The SMILES string of the molecule is Nc1c[nH+]c2[nH]c(=O)oc2c1. The van der Waals surface area contributed by atoms with E-state index in [2.05, 4.69) is 9.97 Å². The predicted octanol–water partition coefficient (Wildman–Crippen LogP) is -0.483. The minimum Gasteiger partial charge on any atom is -0.396 e. The van der Waals surface area contributed by atoms with E-state index in [1.807, 2.05) is 0 Å². The summed E-state index contributed by atoms with van der Waals surface area (Å²) in [6.45, 7) is 0. The molecule has 0 aliphatic carbocycles. The average Bonchev–Trinajstić information content (AvgIpc) is 2.27. The molecule has 0 saturated carbocycles. The van der Waals surface area contributed by atoms with Crippen LogP contribution in [0.25, 0.3) is 11.2 Å². The fourth-order valence-electron chi connectivity index (χ4n) is 0.897. The van der Waals surface area contributed by atoms with E-state index in [1.165, 1.54) is 0 Å². The van der Waals surface area contributed by atoms with Crippen molar-refractivity contribution in [3.63, 3.8) is 0 Å². The number of nitrogens with two attached hydrogens (primary N) is 1. The molecule has 0 fully saturated rings. The minimum atomic E-state index is -0.484. The third-order valence-corrected chi connectivity index (χ3v) is 1.36. The van der Waals surface area contributed by atoms with Crippen LogP contribution in [0.15, 0.2) is 21.5 Å². The summed E-state index contributed by atoms with van der Waals surface area (Å²) in [5, 5.41) is 0. The summed E-state index contributed by atoms with van der Waals surface area (Å²) in [5.41, 5.74) is 6.94. The van der Waals surface area contributed by atoms with Crippen LogP contribution in [0.3, 0.4) is 0 Å². The van der Waals surface area contributed by atoms with Crippen LogP contribution in [-0.2, 0) is 0 Å². The summed E-state index contributed by atoms with van der Waals surface area (Å²) in [4.78, 5) is 15.8. The van der Waals surface area contributed by atoms with Crippen LogP contribution in [0.1, 0.15) is 0 Å². The van der Waals surface area contributed by atoms with Crippen molar-refractivity contribution in [3.8, 4) is 0 Å². The Labute approximate surface area is 60.8 Å². The molecule has 2 aromatic rings. The summed E-state index contributed by atoms with van der Waals surface area (Å²) < 4.78 is 4.73. The van der Waals surface area contributed by atoms with Crippen molar-refractivity contribution in [1.29, 1.82) is 0 Å². The zero-order valence-corrected chi connectivity index (χ0v) is 5.55. The standard InChI is InChI=1S/C6H5N3O2/c7-3-1-4-5(8-2-3)9-6(10)11-4/h1-2H,7H2,(H,8,9,10)/p+1. The molecule has 0 radical (unpaired) electrons. The summed E-state index contributed by atoms with van der Waals surface area (Å²) in [7, 11) is 0. The minimum absolute atomic E-state index is 0.440. The maximum absolute atomic E-state index is 10.6. The lowest BCUT2D eigenvalue weighted by Gasteiger charge is -1.83. The lowest BCUT2D eigenvalue weighted by molar-refractivity contribution is -0.346. The predicted molar refractivity (Wildman–Crippen MR) is 37.8 cm³/mol. The number of aromatic nitrogens is 2. The van der Waals surface area contributed by atoms with E-state index in [1.54, 1.807) is 12.3 Å². The highest BCUT2D eigenvalue weighted by atomic mass is 16.4. The second kappa shape index (κ2) is 1.85. The molecule has 0 aromatic carbocycles. The van der Waals surface area contributed by atoms with Crippen LogP contribution in [0.4, 0.5) is 5.69 Å². The topological polar surface area (TPSA) is 86.2 Å². The zero-order chi connectivity index (χ0) is 7.84. The quantitative estimate of drug-likeness (QED) is 0.534. The number of anilines is 1. The highest BCUT2D eigenvalue weighted by Crippen LogP contribution is 2.06. The van der Waals surface area contributed by atoms with Crippen molar-refractivity contribution < 1.29 is 9.40 Å². The smallest absolute Gasteiger partial charge is 0.396 e. The maximum Gasteiger partial charge on any atom is 0.510 e. The van der Waals surface area contributed by atoms with Gasteiger partial charge in [0.1, 0.15) is 6.20 Å². The summed E-state index contributed by atoms with van der Waals surface area (Å²) in [5.74, 6) is -0.484. The van der Waals surface area contributed by atoms with Gasteiger partial charge in [0.05, 0.1) is 5.69 Å². The van der Waals surface area contributed by atoms with Gasteiger partial charge < -0.3 is 10.2 Å². The van der Waals surface area contributed by atoms with Crippen molar-refractivity contribution in [2.24, 2.45) is 0 Å². The molecule has 2 rings (SSSR count). The number of hydrogen-bond donors (Lipinski definition) is 2. The highest BCUT2D eigenvalue weighted by molar-refractivity contribution is 5.66. The van der Waals surface area contributed by atoms with Gasteiger partial charge in [0.25, 0.3) is 0 Å². The number of nitrogens with one attached hydrogen (secondary N) is 2. The molecular weight excluding hydrogens is 146 g/mol. The first kappa shape index (κ1) is 5.96. The number of nitrogen functional groups attached to an aromatic ring is 1. The van der Waals surface area contributed by atoms with Gasteiger partial charge in [0.15, 0.2) is 0 Å². The normalized spacial score (nSPS) is 10.5. The molecule has 2 heterocycles. The Morgan fingerprint density at radius 3 is 3.27 bits per heavy atom. The van der Waals surface area contributed by atoms with Gasteiger partial charge in [0.2, 0.25) is 5.58 Å². The molecule has 0 aliphatic rings. The molecule has 0 saturated heterocycles. The van der Waals surface area contributed by atoms with Crippen LogP contribution in [-0.4, -0.2) is 4.98 Å². The van der Waals surface area contributed by atoms with E-state index < -0.39 is 5.76 Å². The lowest BCUT2D eigenvalue weighted by atomic mass is 10.4. The van der Waals surface area contributed by atoms with E-state index >= 15 is 0 Å². The van der Waals surface area contributed by atoms with Crippen molar-refractivity contribution in [3.05, 3.63) is 22.8 Å². The summed E-state index contributed by atoms with van der Waals surface area (Å²) in [6.07, 6.45) is 1.58. The Hall–Kier alpha value is -1.78. The van der Waals surface area contributed by atoms with E-state index in [0.717, 1.165) is 0 Å². The van der Waals surface area contributed by atoms with Crippen LogP contribution in [0.5, 0.6) is 0 Å². The van der Waals surface area contributed by atoms with Gasteiger partial charge in [-0.05, 0) is 0 Å². The molecule has 0 aliphatic heterocycles. The lowest BCUT2D eigenvalue weighted by Crippen LogP contribution is -2.05. The number of rotatable bonds is 0. The first-order valence-corrected chi connectivity index (χ1v) is 3.06. The fourth-order valence-corrected chi connectivity index (χ4v) is 0.897. The molecule has 56 valence electrons. The van der Waals surface area contributed by atoms with E-state index in [-0.39, 0.29) is 0 Å². The molecule has 4 N–H and O–H groups in total.